The summed E-state index contributed by atoms with van der Waals surface area (Å²) in [4.78, 5) is 0. The lowest BCUT2D eigenvalue weighted by Gasteiger charge is -2.24. The van der Waals surface area contributed by atoms with Crippen LogP contribution in [0, 0.1) is 0 Å². The fourth-order valence-electron chi connectivity index (χ4n) is 3.27. The van der Waals surface area contributed by atoms with E-state index in [1.807, 2.05) is 0 Å². The minimum absolute atomic E-state index is 0.0979. The first kappa shape index (κ1) is 23.6. The Morgan fingerprint density at radius 2 is 1.58 bits per heavy atom. The molecule has 1 saturated heterocycles. The highest BCUT2D eigenvalue weighted by Gasteiger charge is 2.40. The molecule has 0 aromatic rings. The maximum atomic E-state index is 9.80. The van der Waals surface area contributed by atoms with Crippen LogP contribution >= 0.6 is 0 Å². The third-order valence-electron chi connectivity index (χ3n) is 4.96. The predicted octanol–water partition coefficient (Wildman–Crippen LogP) is 3.35. The van der Waals surface area contributed by atoms with Crippen molar-refractivity contribution < 1.29 is 24.8 Å². The Labute approximate surface area is 159 Å². The lowest BCUT2D eigenvalue weighted by atomic mass is 10.1. The summed E-state index contributed by atoms with van der Waals surface area (Å²) < 4.78 is 11.0. The molecule has 1 aliphatic rings. The Bertz CT molecular complexity index is 347. The summed E-state index contributed by atoms with van der Waals surface area (Å²) in [7, 11) is 0. The molecule has 1 heterocycles. The van der Waals surface area contributed by atoms with Gasteiger partial charge < -0.3 is 24.8 Å². The van der Waals surface area contributed by atoms with Crippen molar-refractivity contribution in [1.29, 1.82) is 0 Å². The monoisotopic (exact) mass is 372 g/mol. The SMILES string of the molecule is CCC/C=C/CCCCCCCCCCO[C@H](CO)[C@@H]1OC[C@H](O)[C@@H]1O. The molecule has 0 aromatic carbocycles. The second-order valence-electron chi connectivity index (χ2n) is 7.32. The summed E-state index contributed by atoms with van der Waals surface area (Å²) in [5.41, 5.74) is 0. The molecule has 26 heavy (non-hydrogen) atoms. The first-order valence-electron chi connectivity index (χ1n) is 10.6. The molecule has 0 bridgehead atoms. The maximum Gasteiger partial charge on any atom is 0.114 e. The molecule has 0 unspecified atom stereocenters. The van der Waals surface area contributed by atoms with Crippen molar-refractivity contribution in [1.82, 2.24) is 0 Å². The molecule has 3 N–H and O–H groups in total. The van der Waals surface area contributed by atoms with Crippen molar-refractivity contribution in [3.8, 4) is 0 Å². The van der Waals surface area contributed by atoms with E-state index in [4.69, 9.17) is 9.47 Å². The molecular formula is C21H40O5. The van der Waals surface area contributed by atoms with Crippen LogP contribution in [-0.4, -0.2) is 59.6 Å². The Hall–Kier alpha value is -0.460. The summed E-state index contributed by atoms with van der Waals surface area (Å²) >= 11 is 0. The third kappa shape index (κ3) is 10.0. The van der Waals surface area contributed by atoms with Crippen molar-refractivity contribution in [3.63, 3.8) is 0 Å². The minimum Gasteiger partial charge on any atom is -0.394 e. The van der Waals surface area contributed by atoms with Crippen LogP contribution in [0.4, 0.5) is 0 Å². The van der Waals surface area contributed by atoms with E-state index in [2.05, 4.69) is 19.1 Å². The number of hydrogen-bond donors (Lipinski definition) is 3. The standard InChI is InChI=1S/C21H40O5/c1-2-3-4-5-6-7-8-9-10-11-12-13-14-15-25-19(16-22)21-20(24)18(23)17-26-21/h4-5,18-24H,2-3,6-17H2,1H3/b5-4+/t18-,19+,20-,21-/m0/s1. The van der Waals surface area contributed by atoms with E-state index in [-0.39, 0.29) is 13.2 Å². The zero-order chi connectivity index (χ0) is 19.0. The van der Waals surface area contributed by atoms with E-state index in [1.165, 1.54) is 57.8 Å². The van der Waals surface area contributed by atoms with Gasteiger partial charge in [0, 0.05) is 6.61 Å². The van der Waals surface area contributed by atoms with Crippen molar-refractivity contribution in [2.24, 2.45) is 0 Å². The molecule has 154 valence electrons. The molecule has 1 fully saturated rings. The number of aliphatic hydroxyl groups is 3. The van der Waals surface area contributed by atoms with Crippen molar-refractivity contribution >= 4 is 0 Å². The fraction of sp³-hybridized carbons (Fsp3) is 0.905. The van der Waals surface area contributed by atoms with E-state index in [0.29, 0.717) is 6.61 Å². The summed E-state index contributed by atoms with van der Waals surface area (Å²) in [5.74, 6) is 0. The zero-order valence-corrected chi connectivity index (χ0v) is 16.5. The quantitative estimate of drug-likeness (QED) is 0.286. The van der Waals surface area contributed by atoms with Gasteiger partial charge in [-0.25, -0.2) is 0 Å². The molecule has 1 rings (SSSR count). The molecule has 0 aliphatic carbocycles. The highest BCUT2D eigenvalue weighted by Crippen LogP contribution is 2.20. The van der Waals surface area contributed by atoms with Gasteiger partial charge in [-0.15, -0.1) is 0 Å². The number of hydrogen-bond acceptors (Lipinski definition) is 5. The Morgan fingerprint density at radius 1 is 0.962 bits per heavy atom. The number of ether oxygens (including phenoxy) is 2. The number of rotatable bonds is 16. The molecule has 1 aliphatic heterocycles. The van der Waals surface area contributed by atoms with E-state index < -0.39 is 24.4 Å². The molecule has 0 aromatic heterocycles. The molecule has 0 saturated carbocycles. The lowest BCUT2D eigenvalue weighted by Crippen LogP contribution is -2.42. The Balaban J connectivity index is 1.89. The van der Waals surface area contributed by atoms with Crippen LogP contribution in [0.1, 0.15) is 77.6 Å². The average molecular weight is 373 g/mol. The second-order valence-corrected chi connectivity index (χ2v) is 7.32. The van der Waals surface area contributed by atoms with Crippen LogP contribution in [0.5, 0.6) is 0 Å². The highest BCUT2D eigenvalue weighted by atomic mass is 16.6. The van der Waals surface area contributed by atoms with Gasteiger partial charge in [-0.05, 0) is 25.7 Å². The third-order valence-corrected chi connectivity index (χ3v) is 4.96. The largest absolute Gasteiger partial charge is 0.394 e. The highest BCUT2D eigenvalue weighted by molar-refractivity contribution is 4.88. The number of allylic oxidation sites excluding steroid dienone is 2. The van der Waals surface area contributed by atoms with Crippen molar-refractivity contribution in [2.45, 2.75) is 102 Å². The van der Waals surface area contributed by atoms with Crippen LogP contribution in [0.25, 0.3) is 0 Å². The first-order chi connectivity index (χ1) is 12.7. The molecule has 0 radical (unpaired) electrons. The first-order valence-corrected chi connectivity index (χ1v) is 10.6. The normalized spacial score (nSPS) is 24.5. The van der Waals surface area contributed by atoms with Gasteiger partial charge in [0.2, 0.25) is 0 Å². The van der Waals surface area contributed by atoms with Crippen LogP contribution in [0.15, 0.2) is 12.2 Å². The summed E-state index contributed by atoms with van der Waals surface area (Å²) in [6.45, 7) is 2.65. The predicted molar refractivity (Wildman–Crippen MR) is 104 cm³/mol. The average Bonchev–Trinajstić information content (AvgIpc) is 2.98. The van der Waals surface area contributed by atoms with Crippen LogP contribution in [-0.2, 0) is 9.47 Å². The second kappa shape index (κ2) is 15.6. The fourth-order valence-corrected chi connectivity index (χ4v) is 3.27. The van der Waals surface area contributed by atoms with E-state index >= 15 is 0 Å². The van der Waals surface area contributed by atoms with E-state index in [0.717, 1.165) is 12.8 Å². The Kier molecular flexibility index (Phi) is 14.1. The van der Waals surface area contributed by atoms with Gasteiger partial charge in [0.1, 0.15) is 24.4 Å². The summed E-state index contributed by atoms with van der Waals surface area (Å²) in [5, 5.41) is 28.7. The van der Waals surface area contributed by atoms with Crippen LogP contribution < -0.4 is 0 Å². The summed E-state index contributed by atoms with van der Waals surface area (Å²) in [6.07, 6.45) is 15.0. The van der Waals surface area contributed by atoms with Crippen LogP contribution in [0.2, 0.25) is 0 Å². The molecule has 5 nitrogen and oxygen atoms in total. The van der Waals surface area contributed by atoms with Gasteiger partial charge in [-0.1, -0.05) is 64.0 Å². The maximum absolute atomic E-state index is 9.80. The smallest absolute Gasteiger partial charge is 0.114 e. The van der Waals surface area contributed by atoms with E-state index in [1.54, 1.807) is 0 Å². The Morgan fingerprint density at radius 3 is 2.15 bits per heavy atom. The van der Waals surface area contributed by atoms with Crippen molar-refractivity contribution in [3.05, 3.63) is 12.2 Å². The van der Waals surface area contributed by atoms with Gasteiger partial charge in [-0.2, -0.15) is 0 Å². The molecule has 5 heteroatoms. The van der Waals surface area contributed by atoms with Gasteiger partial charge in [0.05, 0.1) is 13.2 Å². The molecular weight excluding hydrogens is 332 g/mol. The molecule has 0 amide bonds. The van der Waals surface area contributed by atoms with Gasteiger partial charge in [0.15, 0.2) is 0 Å². The molecule has 4 atom stereocenters. The van der Waals surface area contributed by atoms with Crippen molar-refractivity contribution in [2.75, 3.05) is 19.8 Å². The minimum atomic E-state index is -0.978. The lowest BCUT2D eigenvalue weighted by molar-refractivity contribution is -0.101. The molecule has 0 spiro atoms. The number of aliphatic hydroxyl groups excluding tert-OH is 3. The van der Waals surface area contributed by atoms with Gasteiger partial charge >= 0.3 is 0 Å². The van der Waals surface area contributed by atoms with Gasteiger partial charge in [0.25, 0.3) is 0 Å². The number of unbranched alkanes of at least 4 members (excludes halogenated alkanes) is 9. The topological polar surface area (TPSA) is 79.2 Å². The summed E-state index contributed by atoms with van der Waals surface area (Å²) in [6, 6.07) is 0. The van der Waals surface area contributed by atoms with E-state index in [9.17, 15) is 15.3 Å². The van der Waals surface area contributed by atoms with Gasteiger partial charge in [-0.3, -0.25) is 0 Å². The zero-order valence-electron chi connectivity index (χ0n) is 16.5. The van der Waals surface area contributed by atoms with Crippen LogP contribution in [0.3, 0.4) is 0 Å².